The third-order valence-electron chi connectivity index (χ3n) is 18.7. The molecule has 5 fully saturated rings. The molecule has 0 unspecified atom stereocenters. The Balaban J connectivity index is 1.18. The minimum Gasteiger partial charge on any atom is -0.462 e. The number of ether oxygens (including phenoxy) is 5. The molecule has 1 aromatic rings. The van der Waals surface area contributed by atoms with Crippen LogP contribution in [0.15, 0.2) is 30.3 Å². The number of Topliss-reactive ketones (excluding diaryl/α,β-unsaturated/α-hetero) is 1. The van der Waals surface area contributed by atoms with Gasteiger partial charge in [0, 0.05) is 59.6 Å². The van der Waals surface area contributed by atoms with E-state index in [9.17, 15) is 57.8 Å². The lowest BCUT2D eigenvalue weighted by molar-refractivity contribution is -0.263. The van der Waals surface area contributed by atoms with E-state index in [4.69, 9.17) is 23.7 Å². The van der Waals surface area contributed by atoms with Crippen LogP contribution in [-0.4, -0.2) is 193 Å². The Kier molecular flexibility index (Phi) is 29.1. The zero-order valence-electron chi connectivity index (χ0n) is 55.0. The van der Waals surface area contributed by atoms with Crippen LogP contribution in [-0.2, 0) is 82.8 Å². The molecule has 3 saturated heterocycles. The zero-order chi connectivity index (χ0) is 66.4. The summed E-state index contributed by atoms with van der Waals surface area (Å²) in [5.74, 6) is -11.8. The molecule has 3 aliphatic heterocycles. The number of amides is 7. The average Bonchev–Trinajstić information content (AvgIpc) is 0.985. The van der Waals surface area contributed by atoms with Crippen LogP contribution in [0.3, 0.4) is 0 Å². The fraction of sp³-hybridized carbons (Fsp3) is 0.746. The molecule has 91 heavy (non-hydrogen) atoms. The van der Waals surface area contributed by atoms with Crippen LogP contribution in [0.4, 0.5) is 0 Å². The van der Waals surface area contributed by atoms with Crippen molar-refractivity contribution in [3.8, 4) is 0 Å². The zero-order valence-corrected chi connectivity index (χ0v) is 55.0. The topological polar surface area (TPSA) is 312 Å². The number of benzene rings is 1. The Morgan fingerprint density at radius 2 is 1.36 bits per heavy atom. The number of cyclic esters (lactones) is 1. The summed E-state index contributed by atoms with van der Waals surface area (Å²) in [5.41, 5.74) is 0.717. The highest BCUT2D eigenvalue weighted by atomic mass is 16.6. The number of carbonyl (C=O) groups is 11. The predicted molar refractivity (Wildman–Crippen MR) is 334 cm³/mol. The van der Waals surface area contributed by atoms with Crippen LogP contribution in [0, 0.1) is 23.7 Å². The number of rotatable bonds is 13. The van der Waals surface area contributed by atoms with Crippen molar-refractivity contribution in [2.75, 3.05) is 47.4 Å². The number of ketones is 1. The van der Waals surface area contributed by atoms with Crippen molar-refractivity contribution in [1.82, 2.24) is 36.0 Å². The molecule has 5 aliphatic rings. The number of hydrogen-bond donors (Lipinski definition) is 5. The Morgan fingerprint density at radius 1 is 0.714 bits per heavy atom. The number of methoxy groups -OCH3 is 1. The lowest BCUT2D eigenvalue weighted by Gasteiger charge is -2.42. The van der Waals surface area contributed by atoms with Crippen molar-refractivity contribution >= 4 is 65.0 Å². The van der Waals surface area contributed by atoms with Gasteiger partial charge in [0.1, 0.15) is 42.5 Å². The highest BCUT2D eigenvalue weighted by Crippen LogP contribution is 2.38. The molecule has 24 heteroatoms. The van der Waals surface area contributed by atoms with E-state index < -0.39 is 138 Å². The molecule has 2 saturated carbocycles. The molecular weight excluding hydrogens is 1170 g/mol. The van der Waals surface area contributed by atoms with Gasteiger partial charge in [0.2, 0.25) is 41.2 Å². The third kappa shape index (κ3) is 22.3. The van der Waals surface area contributed by atoms with Gasteiger partial charge in [-0.05, 0) is 127 Å². The second-order valence-corrected chi connectivity index (χ2v) is 26.5. The number of carbonyl (C=O) groups excluding carboxylic acids is 11. The molecule has 24 nitrogen and oxygen atoms in total. The molecule has 1 aromatic carbocycles. The molecule has 5 N–H and O–H groups in total. The summed E-state index contributed by atoms with van der Waals surface area (Å²) in [6.07, 6.45) is 8.08. The van der Waals surface area contributed by atoms with Gasteiger partial charge in [-0.3, -0.25) is 47.9 Å². The van der Waals surface area contributed by atoms with E-state index in [1.807, 2.05) is 26.8 Å². The summed E-state index contributed by atoms with van der Waals surface area (Å²) in [4.78, 5) is 156. The number of hydrogen-bond acceptors (Lipinski definition) is 17. The predicted octanol–water partition coefficient (Wildman–Crippen LogP) is 4.91. The maximum absolute atomic E-state index is 14.6. The Morgan fingerprint density at radius 3 is 2.03 bits per heavy atom. The maximum Gasteiger partial charge on any atom is 0.329 e. The molecule has 508 valence electrons. The van der Waals surface area contributed by atoms with Crippen LogP contribution in [0.1, 0.15) is 188 Å². The van der Waals surface area contributed by atoms with Crippen LogP contribution in [0.25, 0.3) is 0 Å². The minimum atomic E-state index is -2.62. The summed E-state index contributed by atoms with van der Waals surface area (Å²) in [6.45, 7) is 8.07. The van der Waals surface area contributed by atoms with Gasteiger partial charge < -0.3 is 64.8 Å². The minimum absolute atomic E-state index is 0.00309. The van der Waals surface area contributed by atoms with E-state index in [1.165, 1.54) is 50.8 Å². The first kappa shape index (κ1) is 73.5. The summed E-state index contributed by atoms with van der Waals surface area (Å²) in [7, 11) is 4.40. The molecule has 0 radical (unpaired) electrons. The van der Waals surface area contributed by atoms with Crippen molar-refractivity contribution in [1.29, 1.82) is 0 Å². The molecule has 12 atom stereocenters. The lowest BCUT2D eigenvalue weighted by atomic mass is 9.78. The highest BCUT2D eigenvalue weighted by Gasteiger charge is 2.53. The number of likely N-dealkylation sites (N-methyl/N-ethyl adjacent to an activating group) is 2. The number of aliphatic hydroxyl groups is 1. The summed E-state index contributed by atoms with van der Waals surface area (Å²) < 4.78 is 29.8. The van der Waals surface area contributed by atoms with Crippen molar-refractivity contribution in [2.24, 2.45) is 23.7 Å². The lowest BCUT2D eigenvalue weighted by Crippen LogP contribution is -2.60. The quantitative estimate of drug-likeness (QED) is 0.0995. The summed E-state index contributed by atoms with van der Waals surface area (Å²) in [6, 6.07) is 4.34. The molecule has 6 rings (SSSR count). The first-order chi connectivity index (χ1) is 43.4. The van der Waals surface area contributed by atoms with Crippen LogP contribution < -0.4 is 21.3 Å². The second kappa shape index (κ2) is 36.1. The largest absolute Gasteiger partial charge is 0.462 e. The smallest absolute Gasteiger partial charge is 0.329 e. The van der Waals surface area contributed by atoms with E-state index in [0.717, 1.165) is 43.4 Å². The first-order valence-corrected chi connectivity index (χ1v) is 33.4. The first-order valence-electron chi connectivity index (χ1n) is 33.4. The highest BCUT2D eigenvalue weighted by molar-refractivity contribution is 6.39. The van der Waals surface area contributed by atoms with Gasteiger partial charge >= 0.3 is 17.9 Å². The van der Waals surface area contributed by atoms with E-state index in [-0.39, 0.29) is 95.4 Å². The van der Waals surface area contributed by atoms with Crippen molar-refractivity contribution in [3.63, 3.8) is 0 Å². The van der Waals surface area contributed by atoms with Crippen LogP contribution in [0.5, 0.6) is 0 Å². The van der Waals surface area contributed by atoms with E-state index in [0.29, 0.717) is 50.5 Å². The number of piperidine rings is 1. The van der Waals surface area contributed by atoms with Crippen molar-refractivity contribution in [2.45, 2.75) is 249 Å². The SMILES string of the molecule is CO[C@@H]1C[C@H](C[C@@H](C)[C@@H]2CC(=O)NCCNC(=O)CN(C)C(=O)[C@H](Cc3ccccc3)NC(=O)[C@H](CC(C)C)N(C)C(=O)[C@H](C)NC(=O)CC[C@@H]3CC[C@@H](C)[C@@](O)(O3)C(=O)C(=O)N3CCCC[C@H]3C(=O)O2)CC[C@H]1OC(=O)CCC(=O)OC1CCCCCCCC1. The number of fused-ring (bicyclic) bond motifs is 3. The molecule has 2 aliphatic carbocycles. The van der Waals surface area contributed by atoms with Crippen LogP contribution >= 0.6 is 0 Å². The van der Waals surface area contributed by atoms with Gasteiger partial charge in [0.25, 0.3) is 11.7 Å². The normalized spacial score (nSPS) is 30.0. The van der Waals surface area contributed by atoms with Crippen molar-refractivity contribution < 1.29 is 81.5 Å². The molecule has 3 heterocycles. The fourth-order valence-electron chi connectivity index (χ4n) is 13.3. The molecule has 0 spiro atoms. The molecular formula is C67H103N7O17. The van der Waals surface area contributed by atoms with Gasteiger partial charge in [-0.25, -0.2) is 4.79 Å². The maximum atomic E-state index is 14.6. The van der Waals surface area contributed by atoms with Gasteiger partial charge in [-0.1, -0.05) is 83.7 Å². The van der Waals surface area contributed by atoms with E-state index >= 15 is 0 Å². The Labute approximate surface area is 536 Å². The molecule has 2 bridgehead atoms. The number of nitrogens with one attached hydrogen (secondary N) is 4. The average molecular weight is 1280 g/mol. The van der Waals surface area contributed by atoms with Gasteiger partial charge in [-0.2, -0.15) is 0 Å². The van der Waals surface area contributed by atoms with E-state index in [1.54, 1.807) is 31.2 Å². The van der Waals surface area contributed by atoms with Gasteiger partial charge in [0.05, 0.1) is 38.0 Å². The van der Waals surface area contributed by atoms with Crippen LogP contribution in [0.2, 0.25) is 0 Å². The van der Waals surface area contributed by atoms with Crippen molar-refractivity contribution in [3.05, 3.63) is 35.9 Å². The van der Waals surface area contributed by atoms with Gasteiger partial charge in [0.15, 0.2) is 0 Å². The number of nitrogens with zero attached hydrogens (tertiary/aromatic N) is 3. The molecule has 0 aromatic heterocycles. The van der Waals surface area contributed by atoms with E-state index in [2.05, 4.69) is 21.3 Å². The fourth-order valence-corrected chi connectivity index (χ4v) is 13.3. The summed E-state index contributed by atoms with van der Waals surface area (Å²) in [5, 5.41) is 23.1. The molecule has 7 amide bonds. The summed E-state index contributed by atoms with van der Waals surface area (Å²) >= 11 is 0. The van der Waals surface area contributed by atoms with Gasteiger partial charge in [-0.15, -0.1) is 0 Å². The number of esters is 3. The Bertz CT molecular complexity index is 2630. The monoisotopic (exact) mass is 1280 g/mol. The Hall–Kier alpha value is -6.53. The second-order valence-electron chi connectivity index (χ2n) is 26.5. The standard InChI is InChI=1S/C67H103N7O17/c1-42(2)36-52-62(81)71-50(38-46-20-14-13-15-21-46)64(83)72(6)41-58(77)69-34-33-68-57(76)40-54(43(3)37-47-26-29-53(55(39-47)87-8)89-60(79)32-31-59(78)88-48-22-16-11-9-10-12-17-23-48)90-66(85)51-24-18-19-35-74(51)65(84)61(80)67(86)44(4)25-27-49(91-67)28-30-56(75)70-45(5)63(82)73(52)7/h13-15,20-21,42-45,47-55,86H,9-12,16-19,22-41H2,1-8H3,(H,68,76)(H,69,77)(H,70,75)(H,71,81)/t43-,44-,45+,47+,49+,50+,51+,52+,53-,54+,55-,67-/m1/s1. The third-order valence-corrected chi connectivity index (χ3v) is 18.7.